The van der Waals surface area contributed by atoms with Crippen molar-refractivity contribution < 1.29 is 0 Å². The van der Waals surface area contributed by atoms with Crippen molar-refractivity contribution in [3.63, 3.8) is 0 Å². The van der Waals surface area contributed by atoms with Gasteiger partial charge in [-0.05, 0) is 24.3 Å². The second-order valence-corrected chi connectivity index (χ2v) is 5.03. The minimum atomic E-state index is -0.430. The molecule has 0 aliphatic rings. The molecule has 2 N–H and O–H groups in total. The molecule has 0 saturated carbocycles. The zero-order chi connectivity index (χ0) is 15.3. The number of nitrogens with zero attached hydrogens (tertiary/aromatic N) is 3. The highest BCUT2D eigenvalue weighted by atomic mass is 16.2. The van der Waals surface area contributed by atoms with Crippen LogP contribution in [0.15, 0.2) is 46.2 Å². The van der Waals surface area contributed by atoms with Crippen LogP contribution in [-0.4, -0.2) is 24.5 Å². The van der Waals surface area contributed by atoms with Gasteiger partial charge in [0, 0.05) is 18.8 Å². The lowest BCUT2D eigenvalue weighted by Crippen LogP contribution is -2.32. The molecule has 108 valence electrons. The smallest absolute Gasteiger partial charge is 0.328 e. The SMILES string of the molecule is Cn1c(=O)[nH]c2ccc(-c3nc4ccncc4[nH]3)cc2c1=O. The Kier molecular flexibility index (Phi) is 2.50. The molecule has 7 heteroatoms. The molecular formula is C15H11N5O2. The number of aromatic amines is 2. The van der Waals surface area contributed by atoms with Gasteiger partial charge in [-0.1, -0.05) is 0 Å². The summed E-state index contributed by atoms with van der Waals surface area (Å²) in [7, 11) is 1.44. The lowest BCUT2D eigenvalue weighted by atomic mass is 10.1. The van der Waals surface area contributed by atoms with Crippen LogP contribution >= 0.6 is 0 Å². The van der Waals surface area contributed by atoms with Gasteiger partial charge in [-0.25, -0.2) is 9.78 Å². The van der Waals surface area contributed by atoms with Crippen molar-refractivity contribution in [2.75, 3.05) is 0 Å². The first kappa shape index (κ1) is 12.5. The Bertz CT molecular complexity index is 1100. The van der Waals surface area contributed by atoms with E-state index in [1.807, 2.05) is 12.1 Å². The van der Waals surface area contributed by atoms with Gasteiger partial charge in [0.25, 0.3) is 5.56 Å². The largest absolute Gasteiger partial charge is 0.337 e. The summed E-state index contributed by atoms with van der Waals surface area (Å²) < 4.78 is 1.05. The Morgan fingerprint density at radius 1 is 1.09 bits per heavy atom. The first-order valence-electron chi connectivity index (χ1n) is 6.67. The number of hydrogen-bond acceptors (Lipinski definition) is 4. The van der Waals surface area contributed by atoms with E-state index >= 15 is 0 Å². The molecule has 0 fully saturated rings. The molecular weight excluding hydrogens is 282 g/mol. The van der Waals surface area contributed by atoms with Crippen LogP contribution in [-0.2, 0) is 7.05 Å². The number of imidazole rings is 1. The topological polar surface area (TPSA) is 96.4 Å². The number of pyridine rings is 1. The first-order chi connectivity index (χ1) is 10.6. The van der Waals surface area contributed by atoms with Crippen molar-refractivity contribution in [2.45, 2.75) is 0 Å². The van der Waals surface area contributed by atoms with Crippen molar-refractivity contribution in [1.82, 2.24) is 24.5 Å². The summed E-state index contributed by atoms with van der Waals surface area (Å²) in [5.41, 5.74) is 2.15. The van der Waals surface area contributed by atoms with E-state index in [1.165, 1.54) is 7.05 Å². The van der Waals surface area contributed by atoms with Crippen LogP contribution < -0.4 is 11.2 Å². The van der Waals surface area contributed by atoms with Crippen LogP contribution in [0.3, 0.4) is 0 Å². The lowest BCUT2D eigenvalue weighted by molar-refractivity contribution is 0.794. The fourth-order valence-corrected chi connectivity index (χ4v) is 2.44. The predicted octanol–water partition coefficient (Wildman–Crippen LogP) is 1.17. The van der Waals surface area contributed by atoms with Crippen molar-refractivity contribution in [3.05, 3.63) is 57.5 Å². The molecule has 7 nitrogen and oxygen atoms in total. The minimum Gasteiger partial charge on any atom is -0.337 e. The third-order valence-corrected chi connectivity index (χ3v) is 3.66. The summed E-state index contributed by atoms with van der Waals surface area (Å²) >= 11 is 0. The molecule has 0 unspecified atom stereocenters. The second-order valence-electron chi connectivity index (χ2n) is 5.03. The quantitative estimate of drug-likeness (QED) is 0.550. The molecule has 0 aliphatic heterocycles. The highest BCUT2D eigenvalue weighted by Crippen LogP contribution is 2.21. The molecule has 0 bridgehead atoms. The Labute approximate surface area is 123 Å². The van der Waals surface area contributed by atoms with E-state index in [0.29, 0.717) is 16.7 Å². The maximum Gasteiger partial charge on any atom is 0.328 e. The second kappa shape index (κ2) is 4.39. The maximum atomic E-state index is 12.2. The zero-order valence-electron chi connectivity index (χ0n) is 11.6. The van der Waals surface area contributed by atoms with Crippen LogP contribution in [0, 0.1) is 0 Å². The molecule has 0 radical (unpaired) electrons. The summed E-state index contributed by atoms with van der Waals surface area (Å²) in [6.45, 7) is 0. The molecule has 22 heavy (non-hydrogen) atoms. The van der Waals surface area contributed by atoms with Gasteiger partial charge < -0.3 is 9.97 Å². The van der Waals surface area contributed by atoms with E-state index < -0.39 is 5.69 Å². The molecule has 0 aliphatic carbocycles. The number of hydrogen-bond donors (Lipinski definition) is 2. The van der Waals surface area contributed by atoms with Gasteiger partial charge in [-0.2, -0.15) is 0 Å². The minimum absolute atomic E-state index is 0.335. The van der Waals surface area contributed by atoms with Gasteiger partial charge in [-0.3, -0.25) is 14.3 Å². The molecule has 1 aromatic carbocycles. The fraction of sp³-hybridized carbons (Fsp3) is 0.0667. The molecule has 3 aromatic heterocycles. The summed E-state index contributed by atoms with van der Waals surface area (Å²) in [4.78, 5) is 38.2. The van der Waals surface area contributed by atoms with Crippen molar-refractivity contribution in [1.29, 1.82) is 0 Å². The average Bonchev–Trinajstić information content (AvgIpc) is 2.96. The van der Waals surface area contributed by atoms with Gasteiger partial charge in [0.15, 0.2) is 0 Å². The third kappa shape index (κ3) is 1.76. The number of nitrogens with one attached hydrogen (secondary N) is 2. The van der Waals surface area contributed by atoms with Crippen LogP contribution in [0.2, 0.25) is 0 Å². The highest BCUT2D eigenvalue weighted by Gasteiger charge is 2.09. The summed E-state index contributed by atoms with van der Waals surface area (Å²) in [6, 6.07) is 7.05. The highest BCUT2D eigenvalue weighted by molar-refractivity contribution is 5.84. The number of H-pyrrole nitrogens is 2. The van der Waals surface area contributed by atoms with Crippen molar-refractivity contribution in [2.24, 2.45) is 7.05 Å². The molecule has 0 amide bonds. The third-order valence-electron chi connectivity index (χ3n) is 3.66. The van der Waals surface area contributed by atoms with Gasteiger partial charge in [0.2, 0.25) is 0 Å². The van der Waals surface area contributed by atoms with Crippen LogP contribution in [0.4, 0.5) is 0 Å². The van der Waals surface area contributed by atoms with Crippen LogP contribution in [0.25, 0.3) is 33.3 Å². The summed E-state index contributed by atoms with van der Waals surface area (Å²) in [5.74, 6) is 0.651. The average molecular weight is 293 g/mol. The molecule has 0 spiro atoms. The number of benzene rings is 1. The molecule has 3 heterocycles. The van der Waals surface area contributed by atoms with Crippen molar-refractivity contribution >= 4 is 21.9 Å². The standard InChI is InChI=1S/C15H11N5O2/c1-20-14(21)9-6-8(2-3-10(9)19-15(20)22)13-17-11-4-5-16-7-12(11)18-13/h2-7H,1H3,(H,17,18)(H,19,22). The van der Waals surface area contributed by atoms with E-state index in [-0.39, 0.29) is 5.56 Å². The Hall–Kier alpha value is -3.22. The van der Waals surface area contributed by atoms with E-state index in [2.05, 4.69) is 19.9 Å². The Balaban J connectivity index is 1.99. The van der Waals surface area contributed by atoms with Crippen LogP contribution in [0.5, 0.6) is 0 Å². The van der Waals surface area contributed by atoms with E-state index in [1.54, 1.807) is 24.5 Å². The first-order valence-corrected chi connectivity index (χ1v) is 6.67. The van der Waals surface area contributed by atoms with E-state index in [0.717, 1.165) is 21.2 Å². The zero-order valence-corrected chi connectivity index (χ0v) is 11.6. The van der Waals surface area contributed by atoms with Gasteiger partial charge >= 0.3 is 5.69 Å². The van der Waals surface area contributed by atoms with Gasteiger partial charge in [0.1, 0.15) is 5.82 Å². The Morgan fingerprint density at radius 3 is 2.77 bits per heavy atom. The Morgan fingerprint density at radius 2 is 1.95 bits per heavy atom. The maximum absolute atomic E-state index is 12.2. The molecule has 0 saturated heterocycles. The van der Waals surface area contributed by atoms with Gasteiger partial charge in [-0.15, -0.1) is 0 Å². The lowest BCUT2D eigenvalue weighted by Gasteiger charge is -2.02. The number of rotatable bonds is 1. The van der Waals surface area contributed by atoms with E-state index in [9.17, 15) is 9.59 Å². The molecule has 4 rings (SSSR count). The summed E-state index contributed by atoms with van der Waals surface area (Å²) in [6.07, 6.45) is 3.37. The van der Waals surface area contributed by atoms with Crippen molar-refractivity contribution in [3.8, 4) is 11.4 Å². The number of aromatic nitrogens is 5. The molecule has 4 aromatic rings. The summed E-state index contributed by atoms with van der Waals surface area (Å²) in [5, 5.41) is 0.443. The number of fused-ring (bicyclic) bond motifs is 2. The monoisotopic (exact) mass is 293 g/mol. The van der Waals surface area contributed by atoms with E-state index in [4.69, 9.17) is 0 Å². The predicted molar refractivity (Wildman–Crippen MR) is 82.7 cm³/mol. The molecule has 0 atom stereocenters. The van der Waals surface area contributed by atoms with Gasteiger partial charge in [0.05, 0.1) is 28.1 Å². The van der Waals surface area contributed by atoms with Crippen LogP contribution in [0.1, 0.15) is 0 Å². The fourth-order valence-electron chi connectivity index (χ4n) is 2.44. The normalized spacial score (nSPS) is 11.3.